The summed E-state index contributed by atoms with van der Waals surface area (Å²) in [7, 11) is 0. The Labute approximate surface area is 126 Å². The van der Waals surface area contributed by atoms with Crippen molar-refractivity contribution in [2.24, 2.45) is 5.41 Å². The van der Waals surface area contributed by atoms with E-state index in [0.29, 0.717) is 13.0 Å². The minimum Gasteiger partial charge on any atom is -0.480 e. The maximum absolute atomic E-state index is 12.4. The molecule has 0 aromatic heterocycles. The highest BCUT2D eigenvalue weighted by molar-refractivity contribution is 5.83. The van der Waals surface area contributed by atoms with Crippen molar-refractivity contribution < 1.29 is 14.6 Å². The molecule has 0 radical (unpaired) electrons. The van der Waals surface area contributed by atoms with Gasteiger partial charge >= 0.3 is 0 Å². The SMILES string of the molecule is CC(O)CC(C)(C)CNC(=O)C1Oc2ccccc2C1C. The molecule has 0 bridgehead atoms. The average Bonchev–Trinajstić information content (AvgIpc) is 2.73. The van der Waals surface area contributed by atoms with Gasteiger partial charge in [0.2, 0.25) is 0 Å². The molecule has 4 heteroatoms. The molecule has 1 aliphatic heterocycles. The third kappa shape index (κ3) is 3.76. The molecule has 0 saturated carbocycles. The molecular weight excluding hydrogens is 266 g/mol. The van der Waals surface area contributed by atoms with Crippen molar-refractivity contribution in [2.75, 3.05) is 6.54 Å². The number of fused-ring (bicyclic) bond motifs is 1. The molecule has 116 valence electrons. The summed E-state index contributed by atoms with van der Waals surface area (Å²) in [5, 5.41) is 12.4. The van der Waals surface area contributed by atoms with Gasteiger partial charge in [0, 0.05) is 18.0 Å². The van der Waals surface area contributed by atoms with Crippen LogP contribution in [0.4, 0.5) is 0 Å². The van der Waals surface area contributed by atoms with E-state index in [-0.39, 0.29) is 23.3 Å². The summed E-state index contributed by atoms with van der Waals surface area (Å²) in [4.78, 5) is 12.4. The van der Waals surface area contributed by atoms with Crippen molar-refractivity contribution >= 4 is 5.91 Å². The van der Waals surface area contributed by atoms with Crippen LogP contribution in [-0.4, -0.2) is 29.8 Å². The van der Waals surface area contributed by atoms with Crippen LogP contribution in [0.25, 0.3) is 0 Å². The topological polar surface area (TPSA) is 58.6 Å². The highest BCUT2D eigenvalue weighted by Gasteiger charge is 2.36. The lowest BCUT2D eigenvalue weighted by Crippen LogP contribution is -2.43. The minimum atomic E-state index is -0.468. The van der Waals surface area contributed by atoms with E-state index in [1.165, 1.54) is 0 Å². The van der Waals surface area contributed by atoms with Crippen LogP contribution in [0.2, 0.25) is 0 Å². The first-order valence-corrected chi connectivity index (χ1v) is 7.51. The van der Waals surface area contributed by atoms with Crippen LogP contribution in [0.1, 0.15) is 45.6 Å². The number of ether oxygens (including phenoxy) is 1. The molecule has 2 N–H and O–H groups in total. The third-order valence-electron chi connectivity index (χ3n) is 3.97. The van der Waals surface area contributed by atoms with E-state index >= 15 is 0 Å². The zero-order valence-corrected chi connectivity index (χ0v) is 13.2. The normalized spacial score (nSPS) is 22.3. The first-order chi connectivity index (χ1) is 9.80. The van der Waals surface area contributed by atoms with Crippen molar-refractivity contribution in [1.29, 1.82) is 0 Å². The Kier molecular flexibility index (Phi) is 4.57. The van der Waals surface area contributed by atoms with Gasteiger partial charge in [0.1, 0.15) is 5.75 Å². The van der Waals surface area contributed by atoms with Gasteiger partial charge in [-0.2, -0.15) is 0 Å². The van der Waals surface area contributed by atoms with Crippen LogP contribution >= 0.6 is 0 Å². The van der Waals surface area contributed by atoms with Crippen LogP contribution in [-0.2, 0) is 4.79 Å². The molecule has 3 unspecified atom stereocenters. The van der Waals surface area contributed by atoms with Crippen LogP contribution < -0.4 is 10.1 Å². The van der Waals surface area contributed by atoms with E-state index < -0.39 is 6.10 Å². The lowest BCUT2D eigenvalue weighted by atomic mass is 9.87. The maximum Gasteiger partial charge on any atom is 0.261 e. The second kappa shape index (κ2) is 6.06. The molecule has 0 saturated heterocycles. The third-order valence-corrected chi connectivity index (χ3v) is 3.97. The largest absolute Gasteiger partial charge is 0.480 e. The quantitative estimate of drug-likeness (QED) is 0.876. The van der Waals surface area contributed by atoms with Gasteiger partial charge in [-0.15, -0.1) is 0 Å². The number of hydrogen-bond acceptors (Lipinski definition) is 3. The number of para-hydroxylation sites is 1. The summed E-state index contributed by atoms with van der Waals surface area (Å²) < 4.78 is 5.77. The Balaban J connectivity index is 1.94. The van der Waals surface area contributed by atoms with Gasteiger partial charge in [0.15, 0.2) is 6.10 Å². The predicted octanol–water partition coefficient (Wildman–Crippen LogP) is 2.46. The van der Waals surface area contributed by atoms with Crippen molar-refractivity contribution in [3.8, 4) is 5.75 Å². The number of amides is 1. The molecule has 1 amide bonds. The lowest BCUT2D eigenvalue weighted by Gasteiger charge is -2.27. The number of carbonyl (C=O) groups excluding carboxylic acids is 1. The van der Waals surface area contributed by atoms with Gasteiger partial charge in [-0.1, -0.05) is 39.0 Å². The van der Waals surface area contributed by atoms with Gasteiger partial charge in [-0.3, -0.25) is 4.79 Å². The van der Waals surface area contributed by atoms with Crippen molar-refractivity contribution in [2.45, 2.75) is 52.2 Å². The highest BCUT2D eigenvalue weighted by Crippen LogP contribution is 2.37. The molecular formula is C17H25NO3. The molecule has 3 atom stereocenters. The van der Waals surface area contributed by atoms with Crippen LogP contribution in [0.3, 0.4) is 0 Å². The fourth-order valence-electron chi connectivity index (χ4n) is 2.95. The predicted molar refractivity (Wildman–Crippen MR) is 82.4 cm³/mol. The summed E-state index contributed by atoms with van der Waals surface area (Å²) in [5.74, 6) is 0.770. The fourth-order valence-corrected chi connectivity index (χ4v) is 2.95. The highest BCUT2D eigenvalue weighted by atomic mass is 16.5. The molecule has 21 heavy (non-hydrogen) atoms. The Morgan fingerprint density at radius 3 is 2.71 bits per heavy atom. The molecule has 0 aliphatic carbocycles. The average molecular weight is 291 g/mol. The summed E-state index contributed by atoms with van der Waals surface area (Å²) >= 11 is 0. The number of rotatable bonds is 5. The molecule has 0 fully saturated rings. The molecule has 1 heterocycles. The van der Waals surface area contributed by atoms with Gasteiger partial charge in [0.05, 0.1) is 6.10 Å². The van der Waals surface area contributed by atoms with Gasteiger partial charge in [0.25, 0.3) is 5.91 Å². The van der Waals surface area contributed by atoms with E-state index in [4.69, 9.17) is 4.74 Å². The summed E-state index contributed by atoms with van der Waals surface area (Å²) in [6, 6.07) is 7.78. The zero-order chi connectivity index (χ0) is 15.6. The number of carbonyl (C=O) groups is 1. The molecule has 1 aromatic rings. The number of benzene rings is 1. The maximum atomic E-state index is 12.4. The van der Waals surface area contributed by atoms with Crippen molar-refractivity contribution in [3.63, 3.8) is 0 Å². The first kappa shape index (κ1) is 15.8. The Hall–Kier alpha value is -1.55. The van der Waals surface area contributed by atoms with Gasteiger partial charge in [-0.05, 0) is 24.8 Å². The number of nitrogens with one attached hydrogen (secondary N) is 1. The second-order valence-corrected chi connectivity index (χ2v) is 6.80. The summed E-state index contributed by atoms with van der Waals surface area (Å²) in [6.45, 7) is 8.38. The van der Waals surface area contributed by atoms with E-state index in [2.05, 4.69) is 5.32 Å². The molecule has 1 aliphatic rings. The zero-order valence-electron chi connectivity index (χ0n) is 13.2. The standard InChI is InChI=1S/C17H25NO3/c1-11(19)9-17(3,4)10-18-16(20)15-12(2)13-7-5-6-8-14(13)21-15/h5-8,11-12,15,19H,9-10H2,1-4H3,(H,18,20). The number of aliphatic hydroxyl groups is 1. The van der Waals surface area contributed by atoms with Crippen molar-refractivity contribution in [3.05, 3.63) is 29.8 Å². The summed E-state index contributed by atoms with van der Waals surface area (Å²) in [6.07, 6.45) is -0.193. The Morgan fingerprint density at radius 1 is 1.43 bits per heavy atom. The van der Waals surface area contributed by atoms with Gasteiger partial charge in [-0.25, -0.2) is 0 Å². The first-order valence-electron chi connectivity index (χ1n) is 7.51. The van der Waals surface area contributed by atoms with E-state index in [0.717, 1.165) is 11.3 Å². The summed E-state index contributed by atoms with van der Waals surface area (Å²) in [5.41, 5.74) is 0.944. The van der Waals surface area contributed by atoms with E-state index in [1.807, 2.05) is 45.0 Å². The van der Waals surface area contributed by atoms with Crippen molar-refractivity contribution in [1.82, 2.24) is 5.32 Å². The van der Waals surface area contributed by atoms with Gasteiger partial charge < -0.3 is 15.2 Å². The monoisotopic (exact) mass is 291 g/mol. The molecule has 1 aromatic carbocycles. The van der Waals surface area contributed by atoms with Crippen LogP contribution in [0.15, 0.2) is 24.3 Å². The van der Waals surface area contributed by atoms with E-state index in [1.54, 1.807) is 6.92 Å². The fraction of sp³-hybridized carbons (Fsp3) is 0.588. The molecule has 4 nitrogen and oxygen atoms in total. The van der Waals surface area contributed by atoms with E-state index in [9.17, 15) is 9.90 Å². The lowest BCUT2D eigenvalue weighted by molar-refractivity contribution is -0.128. The smallest absolute Gasteiger partial charge is 0.261 e. The Bertz CT molecular complexity index is 511. The Morgan fingerprint density at radius 2 is 2.10 bits per heavy atom. The molecule has 0 spiro atoms. The molecule has 2 rings (SSSR count). The number of aliphatic hydroxyl groups excluding tert-OH is 1. The second-order valence-electron chi connectivity index (χ2n) is 6.80. The van der Waals surface area contributed by atoms with Crippen LogP contribution in [0, 0.1) is 5.41 Å². The minimum absolute atomic E-state index is 0.0566. The van der Waals surface area contributed by atoms with Crippen LogP contribution in [0.5, 0.6) is 5.75 Å². The number of hydrogen-bond donors (Lipinski definition) is 2.